The van der Waals surface area contributed by atoms with Crippen molar-refractivity contribution in [3.63, 3.8) is 0 Å². The Morgan fingerprint density at radius 2 is 1.79 bits per heavy atom. The minimum Gasteiger partial charge on any atom is -0.501 e. The molecule has 0 aliphatic carbocycles. The Bertz CT molecular complexity index is 519. The lowest BCUT2D eigenvalue weighted by atomic mass is 10.0. The molecule has 5 nitrogen and oxygen atoms in total. The molecule has 0 radical (unpaired) electrons. The zero-order chi connectivity index (χ0) is 18.1. The van der Waals surface area contributed by atoms with Gasteiger partial charge in [-0.25, -0.2) is 0 Å². The molecule has 1 unspecified atom stereocenters. The van der Waals surface area contributed by atoms with Crippen molar-refractivity contribution in [2.75, 3.05) is 27.9 Å². The molecule has 24 heavy (non-hydrogen) atoms. The summed E-state index contributed by atoms with van der Waals surface area (Å²) in [7, 11) is 4.80. The third kappa shape index (κ3) is 5.95. The van der Waals surface area contributed by atoms with Gasteiger partial charge in [0.1, 0.15) is 5.76 Å². The zero-order valence-electron chi connectivity index (χ0n) is 15.8. The monoisotopic (exact) mass is 337 g/mol. The largest absolute Gasteiger partial charge is 0.501 e. The van der Waals surface area contributed by atoms with Crippen molar-refractivity contribution in [1.29, 1.82) is 0 Å². The van der Waals surface area contributed by atoms with E-state index in [0.29, 0.717) is 24.0 Å². The van der Waals surface area contributed by atoms with Crippen LogP contribution in [0, 0.1) is 0 Å². The van der Waals surface area contributed by atoms with Crippen LogP contribution >= 0.6 is 0 Å². The number of allylic oxidation sites excluding steroid dienone is 4. The molecular formula is C19H31NO4. The number of likely N-dealkylation sites (tertiary alicyclic amines) is 1. The number of amides is 1. The van der Waals surface area contributed by atoms with E-state index < -0.39 is 0 Å². The number of rotatable bonds is 7. The fourth-order valence-electron chi connectivity index (χ4n) is 2.78. The highest BCUT2D eigenvalue weighted by Gasteiger charge is 2.23. The molecule has 0 spiro atoms. The Morgan fingerprint density at radius 3 is 2.33 bits per heavy atom. The Hall–Kier alpha value is -1.91. The summed E-state index contributed by atoms with van der Waals surface area (Å²) >= 11 is 0. The SMILES string of the molecule is CO/C(C)=C(/C=C(\C=C(/C)OC)CC(=O)N1CCCCC1C)OC. The van der Waals surface area contributed by atoms with Gasteiger partial charge in [0, 0.05) is 12.6 Å². The number of piperidine rings is 1. The maximum Gasteiger partial charge on any atom is 0.227 e. The number of hydrogen-bond donors (Lipinski definition) is 0. The topological polar surface area (TPSA) is 48.0 Å². The molecule has 1 aliphatic rings. The minimum absolute atomic E-state index is 0.138. The summed E-state index contributed by atoms with van der Waals surface area (Å²) in [6.07, 6.45) is 7.37. The van der Waals surface area contributed by atoms with Crippen molar-refractivity contribution in [3.05, 3.63) is 35.0 Å². The van der Waals surface area contributed by atoms with Crippen molar-refractivity contribution < 1.29 is 19.0 Å². The van der Waals surface area contributed by atoms with Crippen LogP contribution in [0.2, 0.25) is 0 Å². The number of carbonyl (C=O) groups excluding carboxylic acids is 1. The van der Waals surface area contributed by atoms with Crippen molar-refractivity contribution >= 4 is 5.91 Å². The Morgan fingerprint density at radius 1 is 1.08 bits per heavy atom. The lowest BCUT2D eigenvalue weighted by molar-refractivity contribution is -0.133. The maximum absolute atomic E-state index is 12.7. The van der Waals surface area contributed by atoms with Gasteiger partial charge in [0.25, 0.3) is 0 Å². The number of methoxy groups -OCH3 is 3. The number of hydrogen-bond acceptors (Lipinski definition) is 4. The fourth-order valence-corrected chi connectivity index (χ4v) is 2.78. The van der Waals surface area contributed by atoms with Gasteiger partial charge in [-0.05, 0) is 57.8 Å². The summed E-state index contributed by atoms with van der Waals surface area (Å²) in [4.78, 5) is 14.7. The van der Waals surface area contributed by atoms with Crippen LogP contribution in [0.4, 0.5) is 0 Å². The van der Waals surface area contributed by atoms with Crippen LogP contribution in [0.1, 0.15) is 46.5 Å². The third-order valence-corrected chi connectivity index (χ3v) is 4.38. The van der Waals surface area contributed by atoms with Crippen molar-refractivity contribution in [2.45, 2.75) is 52.5 Å². The Labute approximate surface area is 145 Å². The van der Waals surface area contributed by atoms with Gasteiger partial charge in [-0.15, -0.1) is 0 Å². The van der Waals surface area contributed by atoms with Gasteiger partial charge >= 0.3 is 0 Å². The van der Waals surface area contributed by atoms with E-state index in [9.17, 15) is 4.79 Å². The smallest absolute Gasteiger partial charge is 0.227 e. The van der Waals surface area contributed by atoms with E-state index in [0.717, 1.165) is 30.7 Å². The molecule has 1 atom stereocenters. The molecule has 1 saturated heterocycles. The van der Waals surface area contributed by atoms with E-state index in [2.05, 4.69) is 6.92 Å². The number of ether oxygens (including phenoxy) is 3. The molecule has 1 aliphatic heterocycles. The normalized spacial score (nSPS) is 20.4. The second kappa shape index (κ2) is 10.1. The highest BCUT2D eigenvalue weighted by Crippen LogP contribution is 2.21. The average Bonchev–Trinajstić information content (AvgIpc) is 2.58. The van der Waals surface area contributed by atoms with Crippen LogP contribution in [-0.2, 0) is 19.0 Å². The standard InChI is InChI=1S/C19H31NO4/c1-14-9-7-8-10-20(14)19(21)13-17(11-15(2)22-4)12-18(24-6)16(3)23-5/h11-12,14H,7-10,13H2,1-6H3/b15-11+,17-12+,18-16-. The van der Waals surface area contributed by atoms with Gasteiger partial charge in [-0.3, -0.25) is 4.79 Å². The summed E-state index contributed by atoms with van der Waals surface area (Å²) in [5, 5.41) is 0. The quantitative estimate of drug-likeness (QED) is 0.524. The summed E-state index contributed by atoms with van der Waals surface area (Å²) in [5.74, 6) is 2.15. The first-order valence-corrected chi connectivity index (χ1v) is 8.44. The van der Waals surface area contributed by atoms with Crippen LogP contribution < -0.4 is 0 Å². The summed E-state index contributed by atoms with van der Waals surface area (Å²) in [6, 6.07) is 0.304. The molecule has 0 bridgehead atoms. The summed E-state index contributed by atoms with van der Waals surface area (Å²) < 4.78 is 15.9. The van der Waals surface area contributed by atoms with E-state index in [-0.39, 0.29) is 5.91 Å². The van der Waals surface area contributed by atoms with Crippen LogP contribution in [0.5, 0.6) is 0 Å². The molecule has 1 rings (SSSR count). The van der Waals surface area contributed by atoms with Crippen molar-refractivity contribution in [2.24, 2.45) is 0 Å². The second-order valence-electron chi connectivity index (χ2n) is 6.12. The van der Waals surface area contributed by atoms with Gasteiger partial charge < -0.3 is 19.1 Å². The molecule has 5 heteroatoms. The van der Waals surface area contributed by atoms with E-state index in [1.54, 1.807) is 21.3 Å². The molecule has 0 saturated carbocycles. The van der Waals surface area contributed by atoms with Gasteiger partial charge in [0.05, 0.1) is 33.5 Å². The Kier molecular flexibility index (Phi) is 8.44. The van der Waals surface area contributed by atoms with E-state index in [1.165, 1.54) is 6.42 Å². The highest BCUT2D eigenvalue weighted by molar-refractivity contribution is 5.80. The minimum atomic E-state index is 0.138. The second-order valence-corrected chi connectivity index (χ2v) is 6.12. The fraction of sp³-hybridized carbons (Fsp3) is 0.632. The number of nitrogens with zero attached hydrogens (tertiary/aromatic N) is 1. The molecule has 1 fully saturated rings. The maximum atomic E-state index is 12.7. The van der Waals surface area contributed by atoms with Crippen LogP contribution in [-0.4, -0.2) is 44.7 Å². The molecule has 136 valence electrons. The van der Waals surface area contributed by atoms with E-state index >= 15 is 0 Å². The number of carbonyl (C=O) groups is 1. The molecule has 0 aromatic rings. The summed E-state index contributed by atoms with van der Waals surface area (Å²) in [5.41, 5.74) is 0.838. The highest BCUT2D eigenvalue weighted by atomic mass is 16.5. The molecule has 0 aromatic carbocycles. The average molecular weight is 337 g/mol. The van der Waals surface area contributed by atoms with Gasteiger partial charge in [-0.1, -0.05) is 0 Å². The van der Waals surface area contributed by atoms with E-state index in [1.807, 2.05) is 30.9 Å². The predicted molar refractivity (Wildman–Crippen MR) is 95.2 cm³/mol. The van der Waals surface area contributed by atoms with Crippen molar-refractivity contribution in [3.8, 4) is 0 Å². The van der Waals surface area contributed by atoms with Crippen LogP contribution in [0.3, 0.4) is 0 Å². The molecular weight excluding hydrogens is 306 g/mol. The molecule has 0 N–H and O–H groups in total. The first-order valence-electron chi connectivity index (χ1n) is 8.44. The van der Waals surface area contributed by atoms with Crippen molar-refractivity contribution in [1.82, 2.24) is 4.90 Å². The lowest BCUT2D eigenvalue weighted by Gasteiger charge is -2.33. The van der Waals surface area contributed by atoms with Crippen LogP contribution in [0.25, 0.3) is 0 Å². The van der Waals surface area contributed by atoms with Crippen LogP contribution in [0.15, 0.2) is 35.0 Å². The van der Waals surface area contributed by atoms with Gasteiger partial charge in [0.15, 0.2) is 5.76 Å². The molecule has 1 heterocycles. The Balaban J connectivity index is 3.04. The van der Waals surface area contributed by atoms with Gasteiger partial charge in [0.2, 0.25) is 5.91 Å². The molecule has 0 aromatic heterocycles. The van der Waals surface area contributed by atoms with Gasteiger partial charge in [-0.2, -0.15) is 0 Å². The third-order valence-electron chi connectivity index (χ3n) is 4.38. The predicted octanol–water partition coefficient (Wildman–Crippen LogP) is 3.78. The molecule has 1 amide bonds. The lowest BCUT2D eigenvalue weighted by Crippen LogP contribution is -2.42. The summed E-state index contributed by atoms with van der Waals surface area (Å²) in [6.45, 7) is 6.64. The zero-order valence-corrected chi connectivity index (χ0v) is 15.8. The first-order chi connectivity index (χ1) is 11.4. The first kappa shape index (κ1) is 20.1. The van der Waals surface area contributed by atoms with E-state index in [4.69, 9.17) is 14.2 Å².